The van der Waals surface area contributed by atoms with Crippen molar-refractivity contribution in [2.45, 2.75) is 64.0 Å². The van der Waals surface area contributed by atoms with E-state index in [1.54, 1.807) is 0 Å². The van der Waals surface area contributed by atoms with Crippen LogP contribution in [0.4, 0.5) is 0 Å². The monoisotopic (exact) mass is 457 g/mol. The van der Waals surface area contributed by atoms with Gasteiger partial charge in [-0.15, -0.1) is 10.0 Å². The van der Waals surface area contributed by atoms with E-state index in [1.807, 2.05) is 53.4 Å². The summed E-state index contributed by atoms with van der Waals surface area (Å²) >= 11 is 0. The van der Waals surface area contributed by atoms with Gasteiger partial charge in [-0.2, -0.15) is 0 Å². The summed E-state index contributed by atoms with van der Waals surface area (Å²) in [6, 6.07) is 15.7. The van der Waals surface area contributed by atoms with Gasteiger partial charge in [0.2, 0.25) is 5.82 Å². The quantitative estimate of drug-likeness (QED) is 0.453. The van der Waals surface area contributed by atoms with E-state index >= 15 is 0 Å². The van der Waals surface area contributed by atoms with Crippen LogP contribution in [0.25, 0.3) is 22.5 Å². The minimum absolute atomic E-state index is 0.165. The van der Waals surface area contributed by atoms with E-state index in [0.29, 0.717) is 12.1 Å². The number of aliphatic imine (C=N–C) groups is 1. The van der Waals surface area contributed by atoms with Crippen molar-refractivity contribution in [3.8, 4) is 22.5 Å². The molecule has 3 aromatic rings. The molecule has 174 valence electrons. The largest absolute Gasteiger partial charge is 0.294 e. The number of nitroso groups, excluding NO2 is 1. The molecule has 1 aliphatic heterocycles. The molecule has 2 aliphatic rings. The number of carbonyl (C=O) groups is 1. The highest BCUT2D eigenvalue weighted by atomic mass is 16.3. The Morgan fingerprint density at radius 2 is 1.76 bits per heavy atom. The molecule has 34 heavy (non-hydrogen) atoms. The first-order chi connectivity index (χ1) is 16.6. The van der Waals surface area contributed by atoms with Gasteiger partial charge < -0.3 is 0 Å². The molecule has 0 unspecified atom stereocenters. The Morgan fingerprint density at radius 1 is 1.03 bits per heavy atom. The van der Waals surface area contributed by atoms with Gasteiger partial charge in [-0.25, -0.2) is 0 Å². The lowest BCUT2D eigenvalue weighted by atomic mass is 9.97. The van der Waals surface area contributed by atoms with Gasteiger partial charge in [0.25, 0.3) is 5.91 Å². The van der Waals surface area contributed by atoms with Crippen LogP contribution in [0.1, 0.15) is 57.4 Å². The lowest BCUT2D eigenvalue weighted by molar-refractivity contribution is -0.131. The van der Waals surface area contributed by atoms with Crippen molar-refractivity contribution in [1.29, 1.82) is 0 Å². The molecule has 1 saturated carbocycles. The summed E-state index contributed by atoms with van der Waals surface area (Å²) in [5.41, 5.74) is 3.10. The van der Waals surface area contributed by atoms with Crippen molar-refractivity contribution in [2.75, 3.05) is 0 Å². The highest BCUT2D eigenvalue weighted by molar-refractivity contribution is 6.08. The van der Waals surface area contributed by atoms with Gasteiger partial charge in [-0.3, -0.25) is 14.7 Å². The van der Waals surface area contributed by atoms with Gasteiger partial charge in [0.1, 0.15) is 11.4 Å². The average molecular weight is 458 g/mol. The second-order valence-corrected chi connectivity index (χ2v) is 8.98. The lowest BCUT2D eigenvalue weighted by Crippen LogP contribution is -2.40. The van der Waals surface area contributed by atoms with Crippen LogP contribution < -0.4 is 0 Å². The zero-order chi connectivity index (χ0) is 23.5. The number of hydrogen-bond acceptors (Lipinski definition) is 7. The van der Waals surface area contributed by atoms with Crippen LogP contribution in [0, 0.1) is 4.91 Å². The number of unbranched alkanes of at least 4 members (excludes halogenated alkanes) is 1. The van der Waals surface area contributed by atoms with Crippen molar-refractivity contribution in [2.24, 2.45) is 10.3 Å². The van der Waals surface area contributed by atoms with E-state index in [4.69, 9.17) is 4.99 Å². The van der Waals surface area contributed by atoms with Crippen molar-refractivity contribution in [3.63, 3.8) is 0 Å². The van der Waals surface area contributed by atoms with Crippen molar-refractivity contribution in [1.82, 2.24) is 25.2 Å². The van der Waals surface area contributed by atoms with E-state index in [-0.39, 0.29) is 11.7 Å². The Morgan fingerprint density at radius 3 is 2.47 bits per heavy atom. The zero-order valence-electron chi connectivity index (χ0n) is 19.2. The molecule has 1 fully saturated rings. The number of rotatable bonds is 8. The summed E-state index contributed by atoms with van der Waals surface area (Å²) < 4.78 is 0. The topological polar surface area (TPSA) is 106 Å². The third kappa shape index (κ3) is 3.91. The molecule has 0 saturated heterocycles. The Kier molecular flexibility index (Phi) is 6.00. The van der Waals surface area contributed by atoms with E-state index in [9.17, 15) is 9.70 Å². The number of amidine groups is 1. The predicted octanol–water partition coefficient (Wildman–Crippen LogP) is 4.78. The molecule has 9 heteroatoms. The van der Waals surface area contributed by atoms with Gasteiger partial charge >= 0.3 is 0 Å². The maximum absolute atomic E-state index is 13.4. The Bertz CT molecular complexity index is 1230. The van der Waals surface area contributed by atoms with Gasteiger partial charge in [0, 0.05) is 12.0 Å². The predicted molar refractivity (Wildman–Crippen MR) is 129 cm³/mol. The van der Waals surface area contributed by atoms with Crippen LogP contribution in [-0.4, -0.2) is 42.5 Å². The maximum Gasteiger partial charge on any atom is 0.256 e. The van der Waals surface area contributed by atoms with Crippen LogP contribution in [0.15, 0.2) is 58.8 Å². The standard InChI is InChI=1S/C25H27N7O2/c1-2-3-10-22-26-25(15-6-7-16-25)24(33)31(22)17-18-11-13-19(14-12-18)20-8-4-5-9-21(20)23-27-28-29-32(23)30-34/h4-5,8-9,11-14H,2-3,6-7,10,15-17H2,1H3. The Labute approximate surface area is 197 Å². The second kappa shape index (κ2) is 9.24. The van der Waals surface area contributed by atoms with E-state index in [2.05, 4.69) is 27.7 Å². The normalized spacial score (nSPS) is 16.9. The first kappa shape index (κ1) is 22.1. The lowest BCUT2D eigenvalue weighted by Gasteiger charge is -2.23. The number of nitrogens with zero attached hydrogens (tertiary/aromatic N) is 7. The zero-order valence-corrected chi connectivity index (χ0v) is 19.2. The van der Waals surface area contributed by atoms with Crippen LogP contribution in [0.2, 0.25) is 0 Å². The smallest absolute Gasteiger partial charge is 0.256 e. The molecule has 1 aliphatic carbocycles. The molecule has 5 rings (SSSR count). The molecule has 1 aromatic heterocycles. The third-order valence-corrected chi connectivity index (χ3v) is 6.79. The van der Waals surface area contributed by atoms with Gasteiger partial charge in [0.05, 0.1) is 11.8 Å². The second-order valence-electron chi connectivity index (χ2n) is 8.98. The van der Waals surface area contributed by atoms with E-state index < -0.39 is 5.54 Å². The Hall–Kier alpha value is -3.75. The molecular formula is C25H27N7O2. The van der Waals surface area contributed by atoms with Crippen LogP contribution in [0.3, 0.4) is 0 Å². The maximum atomic E-state index is 13.4. The summed E-state index contributed by atoms with van der Waals surface area (Å²) in [6.07, 6.45) is 6.82. The minimum atomic E-state index is -0.515. The molecule has 1 spiro atoms. The fourth-order valence-corrected chi connectivity index (χ4v) is 5.00. The fourth-order valence-electron chi connectivity index (χ4n) is 5.00. The molecule has 0 N–H and O–H groups in total. The van der Waals surface area contributed by atoms with Crippen molar-refractivity contribution in [3.05, 3.63) is 59.0 Å². The molecular weight excluding hydrogens is 430 g/mol. The molecule has 9 nitrogen and oxygen atoms in total. The highest BCUT2D eigenvalue weighted by Gasteiger charge is 2.49. The summed E-state index contributed by atoms with van der Waals surface area (Å²) in [6.45, 7) is 2.69. The first-order valence-corrected chi connectivity index (χ1v) is 11.9. The Balaban J connectivity index is 1.40. The van der Waals surface area contributed by atoms with Gasteiger partial charge in [-0.1, -0.05) is 79.5 Å². The highest BCUT2D eigenvalue weighted by Crippen LogP contribution is 2.40. The van der Waals surface area contributed by atoms with Gasteiger partial charge in [-0.05, 0) is 46.4 Å². The average Bonchev–Trinajstić information content (AvgIpc) is 3.60. The van der Waals surface area contributed by atoms with Crippen LogP contribution >= 0.6 is 0 Å². The fraction of sp³-hybridized carbons (Fsp3) is 0.400. The molecule has 0 atom stereocenters. The minimum Gasteiger partial charge on any atom is -0.294 e. The first-order valence-electron chi connectivity index (χ1n) is 11.9. The summed E-state index contributed by atoms with van der Waals surface area (Å²) in [5.74, 6) is 1.39. The van der Waals surface area contributed by atoms with E-state index in [1.165, 1.54) is 0 Å². The summed E-state index contributed by atoms with van der Waals surface area (Å²) in [5, 5.41) is 14.0. The van der Waals surface area contributed by atoms with E-state index in [0.717, 1.165) is 72.3 Å². The molecule has 0 radical (unpaired) electrons. The van der Waals surface area contributed by atoms with Crippen LogP contribution in [-0.2, 0) is 11.3 Å². The molecule has 2 aromatic carbocycles. The molecule has 0 bridgehead atoms. The number of carbonyl (C=O) groups excluding carboxylic acids is 1. The molecule has 1 amide bonds. The SMILES string of the molecule is CCCCC1=NC2(CCCC2)C(=O)N1Cc1ccc(-c2ccccc2-c2nnnn2N=O)cc1. The number of amides is 1. The van der Waals surface area contributed by atoms with Crippen molar-refractivity contribution < 1.29 is 4.79 Å². The number of hydrogen-bond donors (Lipinski definition) is 0. The number of aromatic nitrogens is 4. The summed E-state index contributed by atoms with van der Waals surface area (Å²) in [7, 11) is 0. The van der Waals surface area contributed by atoms with Crippen molar-refractivity contribution >= 4 is 11.7 Å². The summed E-state index contributed by atoms with van der Waals surface area (Å²) in [4.78, 5) is 32.2. The number of tetrazole rings is 1. The number of benzene rings is 2. The van der Waals surface area contributed by atoms with Gasteiger partial charge in [0.15, 0.2) is 0 Å². The third-order valence-electron chi connectivity index (χ3n) is 6.79. The molecule has 2 heterocycles. The van der Waals surface area contributed by atoms with Crippen LogP contribution in [0.5, 0.6) is 0 Å².